The number of terminal acetylenes is 1. The van der Waals surface area contributed by atoms with E-state index in [9.17, 15) is 13.2 Å². The average Bonchev–Trinajstić information content (AvgIpc) is 2.44. The largest absolute Gasteiger partial charge is 0.480 e. The van der Waals surface area contributed by atoms with Crippen molar-refractivity contribution in [1.82, 2.24) is 5.32 Å². The zero-order valence-corrected chi connectivity index (χ0v) is 13.5. The summed E-state index contributed by atoms with van der Waals surface area (Å²) in [6, 6.07) is 4.45. The van der Waals surface area contributed by atoms with Crippen molar-refractivity contribution >= 4 is 21.6 Å². The molecule has 1 rings (SSSR count). The van der Waals surface area contributed by atoms with Crippen LogP contribution >= 0.6 is 0 Å². The zero-order chi connectivity index (χ0) is 16.6. The second kappa shape index (κ2) is 8.29. The number of benzene rings is 1. The molecule has 0 heterocycles. The van der Waals surface area contributed by atoms with Crippen molar-refractivity contribution in [3.05, 3.63) is 23.8 Å². The highest BCUT2D eigenvalue weighted by molar-refractivity contribution is 7.92. The first kappa shape index (κ1) is 17.9. The molecule has 0 aliphatic rings. The molecule has 0 bridgehead atoms. The predicted octanol–water partition coefficient (Wildman–Crippen LogP) is 1.60. The maximum absolute atomic E-state index is 12.2. The molecular weight excluding hydrogens is 304 g/mol. The molecule has 0 unspecified atom stereocenters. The van der Waals surface area contributed by atoms with E-state index in [0.29, 0.717) is 12.3 Å². The summed E-state index contributed by atoms with van der Waals surface area (Å²) >= 11 is 0. The fourth-order valence-electron chi connectivity index (χ4n) is 1.70. The van der Waals surface area contributed by atoms with E-state index in [1.165, 1.54) is 18.2 Å². The molecule has 0 fully saturated rings. The van der Waals surface area contributed by atoms with Gasteiger partial charge in [0.1, 0.15) is 12.4 Å². The monoisotopic (exact) mass is 324 g/mol. The van der Waals surface area contributed by atoms with Gasteiger partial charge in [-0.2, -0.15) is 0 Å². The number of amides is 1. The van der Waals surface area contributed by atoms with Gasteiger partial charge in [-0.1, -0.05) is 19.3 Å². The summed E-state index contributed by atoms with van der Waals surface area (Å²) < 4.78 is 30.2. The van der Waals surface area contributed by atoms with Gasteiger partial charge in [0.25, 0.3) is 5.91 Å². The molecule has 22 heavy (non-hydrogen) atoms. The fourth-order valence-corrected chi connectivity index (χ4v) is 2.26. The number of rotatable bonds is 8. The number of unbranched alkanes of at least 4 members (excludes halogenated alkanes) is 1. The molecule has 2 N–H and O–H groups in total. The van der Waals surface area contributed by atoms with E-state index in [-0.39, 0.29) is 23.8 Å². The maximum atomic E-state index is 12.2. The fraction of sp³-hybridized carbons (Fsp3) is 0.400. The van der Waals surface area contributed by atoms with Crippen LogP contribution in [0.5, 0.6) is 5.75 Å². The van der Waals surface area contributed by atoms with E-state index in [0.717, 1.165) is 19.1 Å². The molecule has 6 nitrogen and oxygen atoms in total. The van der Waals surface area contributed by atoms with Gasteiger partial charge in [-0.3, -0.25) is 9.52 Å². The number of sulfonamides is 1. The summed E-state index contributed by atoms with van der Waals surface area (Å²) in [4.78, 5) is 12.2. The molecule has 0 radical (unpaired) electrons. The minimum absolute atomic E-state index is 0.0219. The van der Waals surface area contributed by atoms with Crippen molar-refractivity contribution in [1.29, 1.82) is 0 Å². The first-order valence-corrected chi connectivity index (χ1v) is 8.72. The molecule has 120 valence electrons. The van der Waals surface area contributed by atoms with E-state index < -0.39 is 10.0 Å². The second-order valence-electron chi connectivity index (χ2n) is 4.69. The van der Waals surface area contributed by atoms with Gasteiger partial charge in [0.15, 0.2) is 0 Å². The highest BCUT2D eigenvalue weighted by Gasteiger charge is 2.14. The van der Waals surface area contributed by atoms with Crippen LogP contribution in [0.4, 0.5) is 5.69 Å². The number of carbonyl (C=O) groups is 1. The molecule has 0 atom stereocenters. The first-order chi connectivity index (χ1) is 10.4. The van der Waals surface area contributed by atoms with Gasteiger partial charge in [0, 0.05) is 12.2 Å². The van der Waals surface area contributed by atoms with Crippen LogP contribution in [-0.2, 0) is 10.0 Å². The van der Waals surface area contributed by atoms with Crippen LogP contribution in [-0.4, -0.2) is 33.7 Å². The Hall–Kier alpha value is -2.20. The van der Waals surface area contributed by atoms with Crippen LogP contribution in [0.3, 0.4) is 0 Å². The Morgan fingerprint density at radius 3 is 2.73 bits per heavy atom. The summed E-state index contributed by atoms with van der Waals surface area (Å²) in [5, 5.41) is 2.76. The molecule has 0 aromatic heterocycles. The minimum atomic E-state index is -3.43. The lowest BCUT2D eigenvalue weighted by molar-refractivity contribution is 0.0949. The van der Waals surface area contributed by atoms with Crippen LogP contribution in [0.15, 0.2) is 18.2 Å². The summed E-state index contributed by atoms with van der Waals surface area (Å²) in [5.74, 6) is 2.30. The predicted molar refractivity (Wildman–Crippen MR) is 86.5 cm³/mol. The van der Waals surface area contributed by atoms with E-state index >= 15 is 0 Å². The second-order valence-corrected chi connectivity index (χ2v) is 6.44. The molecule has 0 spiro atoms. The third kappa shape index (κ3) is 6.06. The van der Waals surface area contributed by atoms with Crippen molar-refractivity contribution < 1.29 is 17.9 Å². The van der Waals surface area contributed by atoms with Gasteiger partial charge < -0.3 is 10.1 Å². The number of nitrogens with one attached hydrogen (secondary N) is 2. The van der Waals surface area contributed by atoms with Crippen molar-refractivity contribution in [2.45, 2.75) is 19.8 Å². The topological polar surface area (TPSA) is 84.5 Å². The van der Waals surface area contributed by atoms with Crippen LogP contribution in [0.2, 0.25) is 0 Å². The Morgan fingerprint density at radius 2 is 2.14 bits per heavy atom. The molecule has 0 saturated carbocycles. The van der Waals surface area contributed by atoms with Crippen molar-refractivity contribution in [3.8, 4) is 18.1 Å². The average molecular weight is 324 g/mol. The van der Waals surface area contributed by atoms with Crippen molar-refractivity contribution in [3.63, 3.8) is 0 Å². The third-order valence-corrected chi connectivity index (χ3v) is 3.26. The zero-order valence-electron chi connectivity index (χ0n) is 12.7. The summed E-state index contributed by atoms with van der Waals surface area (Å²) in [7, 11) is -3.43. The van der Waals surface area contributed by atoms with E-state index in [4.69, 9.17) is 11.2 Å². The Morgan fingerprint density at radius 1 is 1.41 bits per heavy atom. The lowest BCUT2D eigenvalue weighted by Crippen LogP contribution is -2.25. The number of hydrogen-bond acceptors (Lipinski definition) is 4. The van der Waals surface area contributed by atoms with Crippen LogP contribution in [0.25, 0.3) is 0 Å². The number of ether oxygens (including phenoxy) is 1. The number of hydrogen-bond donors (Lipinski definition) is 2. The van der Waals surface area contributed by atoms with E-state index in [1.54, 1.807) is 0 Å². The quantitative estimate of drug-likeness (QED) is 0.562. The Kier molecular flexibility index (Phi) is 6.73. The normalized spacial score (nSPS) is 10.6. The molecule has 0 aliphatic heterocycles. The molecule has 1 aromatic carbocycles. The van der Waals surface area contributed by atoms with Gasteiger partial charge in [-0.25, -0.2) is 8.42 Å². The van der Waals surface area contributed by atoms with Crippen molar-refractivity contribution in [2.75, 3.05) is 24.1 Å². The lowest BCUT2D eigenvalue weighted by Gasteiger charge is -2.12. The van der Waals surface area contributed by atoms with Gasteiger partial charge >= 0.3 is 0 Å². The minimum Gasteiger partial charge on any atom is -0.480 e. The number of anilines is 1. The molecular formula is C15H20N2O4S. The molecule has 0 saturated heterocycles. The summed E-state index contributed by atoms with van der Waals surface area (Å²) in [5.41, 5.74) is 0.524. The van der Waals surface area contributed by atoms with Gasteiger partial charge in [-0.05, 0) is 24.6 Å². The summed E-state index contributed by atoms with van der Waals surface area (Å²) in [6.45, 7) is 2.58. The van der Waals surface area contributed by atoms with Crippen LogP contribution in [0.1, 0.15) is 30.1 Å². The maximum Gasteiger partial charge on any atom is 0.255 e. The van der Waals surface area contributed by atoms with Crippen LogP contribution in [0, 0.1) is 12.3 Å². The molecule has 7 heteroatoms. The molecule has 1 aromatic rings. The Bertz CT molecular complexity index is 663. The smallest absolute Gasteiger partial charge is 0.255 e. The molecule has 0 aliphatic carbocycles. The summed E-state index contributed by atoms with van der Waals surface area (Å²) in [6.07, 6.45) is 7.99. The van der Waals surface area contributed by atoms with Gasteiger partial charge in [-0.15, -0.1) is 6.42 Å². The third-order valence-electron chi connectivity index (χ3n) is 2.65. The number of carbonyl (C=O) groups excluding carboxylic acids is 1. The highest BCUT2D eigenvalue weighted by atomic mass is 32.2. The van der Waals surface area contributed by atoms with Gasteiger partial charge in [0.05, 0.1) is 11.8 Å². The molecule has 1 amide bonds. The lowest BCUT2D eigenvalue weighted by atomic mass is 10.1. The van der Waals surface area contributed by atoms with Crippen LogP contribution < -0.4 is 14.8 Å². The Balaban J connectivity index is 3.03. The van der Waals surface area contributed by atoms with Crippen molar-refractivity contribution in [2.24, 2.45) is 0 Å². The standard InChI is InChI=1S/C15H20N2O4S/c1-4-6-9-16-15(18)13-11-12(17-22(3,19)20)7-8-14(13)21-10-5-2/h2,7-8,11,17H,4,6,9-10H2,1,3H3,(H,16,18). The first-order valence-electron chi connectivity index (χ1n) is 6.83. The highest BCUT2D eigenvalue weighted by Crippen LogP contribution is 2.23. The van der Waals surface area contributed by atoms with E-state index in [2.05, 4.69) is 16.0 Å². The SMILES string of the molecule is C#CCOc1ccc(NS(C)(=O)=O)cc1C(=O)NCCCC. The van der Waals surface area contributed by atoms with Gasteiger partial charge in [0.2, 0.25) is 10.0 Å². The van der Waals surface area contributed by atoms with E-state index in [1.807, 2.05) is 6.92 Å². The Labute approximate surface area is 131 Å².